The number of likely N-dealkylation sites (N-methyl/N-ethyl adjacent to an activating group) is 1. The van der Waals surface area contributed by atoms with E-state index in [1.165, 1.54) is 4.90 Å². The number of nitrogens with zero attached hydrogens (tertiary/aromatic N) is 2. The summed E-state index contributed by atoms with van der Waals surface area (Å²) in [5.41, 5.74) is 1.94. The van der Waals surface area contributed by atoms with Crippen molar-refractivity contribution in [3.63, 3.8) is 0 Å². The second kappa shape index (κ2) is 9.39. The van der Waals surface area contributed by atoms with Crippen molar-refractivity contribution in [3.8, 4) is 5.75 Å². The number of amides is 1. The van der Waals surface area contributed by atoms with Crippen LogP contribution in [0.3, 0.4) is 0 Å². The molecule has 1 aromatic heterocycles. The fraction of sp³-hybridized carbons (Fsp3) is 0.227. The highest BCUT2D eigenvalue weighted by atomic mass is 35.5. The van der Waals surface area contributed by atoms with Gasteiger partial charge in [0.05, 0.1) is 22.8 Å². The average molecular weight is 413 g/mol. The van der Waals surface area contributed by atoms with Gasteiger partial charge in [-0.05, 0) is 43.3 Å². The first-order chi connectivity index (χ1) is 14.0. The predicted octanol–water partition coefficient (Wildman–Crippen LogP) is 4.10. The van der Waals surface area contributed by atoms with Gasteiger partial charge in [0.2, 0.25) is 0 Å². The molecule has 2 aromatic carbocycles. The van der Waals surface area contributed by atoms with Gasteiger partial charge in [0.25, 0.3) is 5.91 Å². The van der Waals surface area contributed by atoms with Gasteiger partial charge in [-0.3, -0.25) is 9.59 Å². The lowest BCUT2D eigenvalue weighted by Gasteiger charge is -2.16. The Morgan fingerprint density at radius 1 is 1.10 bits per heavy atom. The first-order valence-corrected chi connectivity index (χ1v) is 9.54. The van der Waals surface area contributed by atoms with Crippen LogP contribution >= 0.6 is 11.6 Å². The molecule has 0 fully saturated rings. The minimum Gasteiger partial charge on any atom is -0.487 e. The van der Waals surface area contributed by atoms with Crippen LogP contribution < -0.4 is 4.74 Å². The summed E-state index contributed by atoms with van der Waals surface area (Å²) in [6.07, 6.45) is 0. The van der Waals surface area contributed by atoms with Crippen molar-refractivity contribution in [2.75, 3.05) is 20.2 Å². The van der Waals surface area contributed by atoms with Gasteiger partial charge in [-0.15, -0.1) is 0 Å². The molecule has 0 unspecified atom stereocenters. The van der Waals surface area contributed by atoms with Gasteiger partial charge >= 0.3 is 5.97 Å². The van der Waals surface area contributed by atoms with Crippen LogP contribution in [0.5, 0.6) is 5.75 Å². The second-order valence-corrected chi connectivity index (χ2v) is 6.80. The van der Waals surface area contributed by atoms with Gasteiger partial charge in [0.15, 0.2) is 0 Å². The van der Waals surface area contributed by atoms with Crippen LogP contribution in [0.25, 0.3) is 10.9 Å². The molecule has 6 nitrogen and oxygen atoms in total. The number of aromatic nitrogens is 1. The molecule has 1 amide bonds. The fourth-order valence-electron chi connectivity index (χ4n) is 2.77. The highest BCUT2D eigenvalue weighted by Crippen LogP contribution is 2.22. The molecule has 3 aromatic rings. The van der Waals surface area contributed by atoms with Crippen molar-refractivity contribution < 1.29 is 19.1 Å². The molecule has 0 aliphatic heterocycles. The van der Waals surface area contributed by atoms with E-state index < -0.39 is 5.97 Å². The largest absolute Gasteiger partial charge is 0.487 e. The van der Waals surface area contributed by atoms with Crippen LogP contribution in [0.1, 0.15) is 23.0 Å². The Kier molecular flexibility index (Phi) is 6.67. The van der Waals surface area contributed by atoms with Crippen LogP contribution in [0.4, 0.5) is 0 Å². The third kappa shape index (κ3) is 5.23. The maximum atomic E-state index is 12.4. The number of fused-ring (bicyclic) bond motifs is 1. The Morgan fingerprint density at radius 3 is 2.55 bits per heavy atom. The third-order valence-electron chi connectivity index (χ3n) is 4.25. The molecule has 0 aliphatic carbocycles. The summed E-state index contributed by atoms with van der Waals surface area (Å²) >= 11 is 6.30. The zero-order chi connectivity index (χ0) is 20.8. The first kappa shape index (κ1) is 20.6. The van der Waals surface area contributed by atoms with Gasteiger partial charge in [0, 0.05) is 18.0 Å². The van der Waals surface area contributed by atoms with E-state index in [1.807, 2.05) is 30.3 Å². The predicted molar refractivity (Wildman–Crippen MR) is 111 cm³/mol. The van der Waals surface area contributed by atoms with Crippen LogP contribution in [0, 0.1) is 0 Å². The molecule has 0 N–H and O–H groups in total. The number of halogens is 1. The van der Waals surface area contributed by atoms with Crippen molar-refractivity contribution in [1.29, 1.82) is 0 Å². The Bertz CT molecular complexity index is 1020. The number of benzene rings is 2. The molecule has 0 aliphatic rings. The Labute approximate surface area is 174 Å². The van der Waals surface area contributed by atoms with Crippen LogP contribution in [0.2, 0.25) is 5.02 Å². The maximum absolute atomic E-state index is 12.4. The molecule has 0 bridgehead atoms. The van der Waals surface area contributed by atoms with Gasteiger partial charge in [-0.25, -0.2) is 4.98 Å². The zero-order valence-corrected chi connectivity index (χ0v) is 17.0. The number of carbonyl (C=O) groups excluding carboxylic acids is 2. The van der Waals surface area contributed by atoms with Gasteiger partial charge in [-0.2, -0.15) is 0 Å². The molecule has 7 heteroatoms. The summed E-state index contributed by atoms with van der Waals surface area (Å²) in [6, 6.07) is 16.3. The topological polar surface area (TPSA) is 68.7 Å². The van der Waals surface area contributed by atoms with Gasteiger partial charge < -0.3 is 14.4 Å². The maximum Gasteiger partial charge on any atom is 0.325 e. The van der Waals surface area contributed by atoms with E-state index in [4.69, 9.17) is 21.1 Å². The average Bonchev–Trinajstić information content (AvgIpc) is 2.72. The van der Waals surface area contributed by atoms with E-state index in [0.717, 1.165) is 10.9 Å². The molecule has 1 heterocycles. The quantitative estimate of drug-likeness (QED) is 0.546. The molecule has 150 valence electrons. The smallest absolute Gasteiger partial charge is 0.325 e. The lowest BCUT2D eigenvalue weighted by atomic mass is 10.2. The SMILES string of the molecule is CCOC(=O)CN(C)C(=O)c1ccc(OCc2nc3ccccc3cc2Cl)cc1. The minimum atomic E-state index is -0.442. The van der Waals surface area contributed by atoms with Crippen molar-refractivity contribution in [2.24, 2.45) is 0 Å². The van der Waals surface area contributed by atoms with E-state index in [9.17, 15) is 9.59 Å². The van der Waals surface area contributed by atoms with Gasteiger partial charge in [-0.1, -0.05) is 29.8 Å². The third-order valence-corrected chi connectivity index (χ3v) is 4.57. The second-order valence-electron chi connectivity index (χ2n) is 6.39. The first-order valence-electron chi connectivity index (χ1n) is 9.16. The molecule has 0 saturated heterocycles. The highest BCUT2D eigenvalue weighted by molar-refractivity contribution is 6.31. The fourth-order valence-corrected chi connectivity index (χ4v) is 2.98. The standard InChI is InChI=1S/C22H21ClN2O4/c1-3-28-21(26)13-25(2)22(27)15-8-10-17(11-9-15)29-14-20-18(23)12-16-6-4-5-7-19(16)24-20/h4-12H,3,13-14H2,1-2H3. The zero-order valence-electron chi connectivity index (χ0n) is 16.2. The van der Waals surface area contributed by atoms with Crippen molar-refractivity contribution >= 4 is 34.4 Å². The molecule has 0 radical (unpaired) electrons. The Balaban J connectivity index is 1.63. The van der Waals surface area contributed by atoms with E-state index >= 15 is 0 Å². The molecular formula is C22H21ClN2O4. The summed E-state index contributed by atoms with van der Waals surface area (Å²) in [5.74, 6) is -0.132. The number of para-hydroxylation sites is 1. The van der Waals surface area contributed by atoms with Crippen LogP contribution in [-0.4, -0.2) is 42.0 Å². The number of rotatable bonds is 7. The number of hydrogen-bond donors (Lipinski definition) is 0. The molecule has 0 saturated carbocycles. The summed E-state index contributed by atoms with van der Waals surface area (Å²) in [7, 11) is 1.55. The molecular weight excluding hydrogens is 392 g/mol. The normalized spacial score (nSPS) is 10.6. The van der Waals surface area contributed by atoms with E-state index in [2.05, 4.69) is 4.98 Å². The number of hydrogen-bond acceptors (Lipinski definition) is 5. The molecule has 0 atom stereocenters. The minimum absolute atomic E-state index is 0.100. The lowest BCUT2D eigenvalue weighted by Crippen LogP contribution is -2.33. The summed E-state index contributed by atoms with van der Waals surface area (Å²) < 4.78 is 10.6. The van der Waals surface area contributed by atoms with Crippen molar-refractivity contribution in [3.05, 3.63) is 70.9 Å². The van der Waals surface area contributed by atoms with E-state index in [0.29, 0.717) is 22.0 Å². The highest BCUT2D eigenvalue weighted by Gasteiger charge is 2.15. The summed E-state index contributed by atoms with van der Waals surface area (Å²) in [5, 5.41) is 1.51. The van der Waals surface area contributed by atoms with E-state index in [-0.39, 0.29) is 25.7 Å². The van der Waals surface area contributed by atoms with Crippen molar-refractivity contribution in [2.45, 2.75) is 13.5 Å². The number of pyridine rings is 1. The number of ether oxygens (including phenoxy) is 2. The van der Waals surface area contributed by atoms with Crippen LogP contribution in [0.15, 0.2) is 54.6 Å². The lowest BCUT2D eigenvalue weighted by molar-refractivity contribution is -0.143. The molecule has 3 rings (SSSR count). The van der Waals surface area contributed by atoms with E-state index in [1.54, 1.807) is 38.2 Å². The summed E-state index contributed by atoms with van der Waals surface area (Å²) in [4.78, 5) is 29.8. The Morgan fingerprint density at radius 2 is 1.83 bits per heavy atom. The van der Waals surface area contributed by atoms with Gasteiger partial charge in [0.1, 0.15) is 18.9 Å². The number of carbonyl (C=O) groups is 2. The van der Waals surface area contributed by atoms with Crippen LogP contribution in [-0.2, 0) is 16.1 Å². The monoisotopic (exact) mass is 412 g/mol. The molecule has 0 spiro atoms. The summed E-state index contributed by atoms with van der Waals surface area (Å²) in [6.45, 7) is 2.11. The van der Waals surface area contributed by atoms with Crippen molar-refractivity contribution in [1.82, 2.24) is 9.88 Å². The Hall–Kier alpha value is -3.12. The number of esters is 1. The molecule has 29 heavy (non-hydrogen) atoms.